The van der Waals surface area contributed by atoms with Gasteiger partial charge in [-0.2, -0.15) is 0 Å². The number of carbonyl (C=O) groups excluding carboxylic acids is 1. The highest BCUT2D eigenvalue weighted by atomic mass is 16.1. The molecule has 2 saturated carbocycles. The van der Waals surface area contributed by atoms with Gasteiger partial charge in [0.05, 0.1) is 25.3 Å². The Kier molecular flexibility index (Phi) is 14.0. The molecule has 1 amide bonds. The summed E-state index contributed by atoms with van der Waals surface area (Å²) in [6.07, 6.45) is 23.4. The van der Waals surface area contributed by atoms with E-state index in [-0.39, 0.29) is 11.8 Å². The van der Waals surface area contributed by atoms with E-state index >= 15 is 0 Å². The zero-order valence-electron chi connectivity index (χ0n) is 27.4. The summed E-state index contributed by atoms with van der Waals surface area (Å²) in [5.74, 6) is 2.09. The van der Waals surface area contributed by atoms with E-state index in [1.54, 1.807) is 0 Å². The maximum atomic E-state index is 12.1. The Labute approximate surface area is 252 Å². The number of carbonyl (C=O) groups is 1. The second kappa shape index (κ2) is 17.1. The molecular weight excluding hydrogens is 506 g/mol. The van der Waals surface area contributed by atoms with Gasteiger partial charge in [0.15, 0.2) is 0 Å². The lowest BCUT2D eigenvalue weighted by Gasteiger charge is -2.49. The van der Waals surface area contributed by atoms with Crippen LogP contribution in [0, 0.1) is 11.8 Å². The number of likely N-dealkylation sites (N-methyl/N-ethyl adjacent to an activating group) is 1. The maximum Gasteiger partial charge on any atom is 0.223 e. The Morgan fingerprint density at radius 2 is 1.78 bits per heavy atom. The van der Waals surface area contributed by atoms with E-state index in [0.717, 1.165) is 68.0 Å². The van der Waals surface area contributed by atoms with Gasteiger partial charge in [-0.25, -0.2) is 4.99 Å². The van der Waals surface area contributed by atoms with Crippen molar-refractivity contribution in [2.45, 2.75) is 137 Å². The quantitative estimate of drug-likeness (QED) is 0.0532. The summed E-state index contributed by atoms with van der Waals surface area (Å²) in [5, 5.41) is 10.6. The van der Waals surface area contributed by atoms with Crippen LogP contribution < -0.4 is 16.0 Å². The fraction of sp³-hybridized carbons (Fsp3) is 0.771. The van der Waals surface area contributed by atoms with E-state index in [0.29, 0.717) is 12.0 Å². The molecule has 3 unspecified atom stereocenters. The summed E-state index contributed by atoms with van der Waals surface area (Å²) in [4.78, 5) is 17.1. The Hall–Kier alpha value is -2.08. The first-order valence-corrected chi connectivity index (χ1v) is 17.1. The predicted molar refractivity (Wildman–Crippen MR) is 174 cm³/mol. The van der Waals surface area contributed by atoms with Crippen LogP contribution in [0.3, 0.4) is 0 Å². The van der Waals surface area contributed by atoms with Crippen LogP contribution in [0.25, 0.3) is 0 Å². The first kappa shape index (κ1) is 33.4. The standard InChI is InChI=1S/C35H61N5O/c1-7-10-18-31(15-9-3)40(6)25-13-20-33(27(40)4)39-28(5)38-26-32(29-21-22-29)34(19-11-8-2)36-23-14-24-37-35(41)30-16-12-17-30/h19-20,26-27,29-31,36H,7-18,21-25H2,1-6H3,(H-,37,38,39,41)/p+1/b32-26-,34-19-. The van der Waals surface area contributed by atoms with E-state index in [4.69, 9.17) is 4.99 Å². The summed E-state index contributed by atoms with van der Waals surface area (Å²) in [6, 6.07) is 1.17. The Balaban J connectivity index is 1.62. The number of allylic oxidation sites excluding steroid dienone is 2. The Morgan fingerprint density at radius 1 is 1.02 bits per heavy atom. The highest BCUT2D eigenvalue weighted by molar-refractivity contribution is 5.82. The molecule has 232 valence electrons. The van der Waals surface area contributed by atoms with Crippen molar-refractivity contribution in [3.8, 4) is 0 Å². The minimum atomic E-state index is 0.247. The zero-order chi connectivity index (χ0) is 29.7. The SMILES string of the molecule is CCC/C=C(NCCCNC(=O)C1CCC1)/C(=C\N=C(C)NC1=CCC[N+](C)(C(CCC)CCCC)C1C)C1CC1. The molecule has 2 aliphatic carbocycles. The molecule has 3 rings (SSSR count). The van der Waals surface area contributed by atoms with Crippen molar-refractivity contribution < 1.29 is 9.28 Å². The van der Waals surface area contributed by atoms with Gasteiger partial charge < -0.3 is 20.4 Å². The minimum absolute atomic E-state index is 0.247. The topological polar surface area (TPSA) is 65.5 Å². The van der Waals surface area contributed by atoms with Crippen molar-refractivity contribution in [1.29, 1.82) is 0 Å². The van der Waals surface area contributed by atoms with Gasteiger partial charge in [0.1, 0.15) is 11.9 Å². The molecule has 0 spiro atoms. The third-order valence-electron chi connectivity index (χ3n) is 9.79. The van der Waals surface area contributed by atoms with Gasteiger partial charge in [0, 0.05) is 37.3 Å². The molecular formula is C35H62N5O+. The highest BCUT2D eigenvalue weighted by Gasteiger charge is 2.40. The third-order valence-corrected chi connectivity index (χ3v) is 9.79. The first-order valence-electron chi connectivity index (χ1n) is 17.1. The van der Waals surface area contributed by atoms with Crippen molar-refractivity contribution in [3.05, 3.63) is 35.3 Å². The second-order valence-electron chi connectivity index (χ2n) is 13.1. The van der Waals surface area contributed by atoms with Gasteiger partial charge in [-0.3, -0.25) is 4.79 Å². The summed E-state index contributed by atoms with van der Waals surface area (Å²) in [6.45, 7) is 14.2. The molecule has 3 N–H and O–H groups in total. The fourth-order valence-electron chi connectivity index (χ4n) is 6.46. The number of hydrogen-bond acceptors (Lipinski definition) is 3. The van der Waals surface area contributed by atoms with E-state index in [1.807, 2.05) is 0 Å². The number of amides is 1. The average Bonchev–Trinajstić information content (AvgIpc) is 3.76. The van der Waals surface area contributed by atoms with Crippen LogP contribution in [-0.4, -0.2) is 55.0 Å². The second-order valence-corrected chi connectivity index (χ2v) is 13.1. The lowest BCUT2D eigenvalue weighted by molar-refractivity contribution is -0.952. The zero-order valence-corrected chi connectivity index (χ0v) is 27.4. The molecule has 0 aromatic carbocycles. The number of hydrogen-bond donors (Lipinski definition) is 3. The Morgan fingerprint density at radius 3 is 2.41 bits per heavy atom. The smallest absolute Gasteiger partial charge is 0.223 e. The normalized spacial score (nSPS) is 24.9. The lowest BCUT2D eigenvalue weighted by atomic mass is 9.85. The van der Waals surface area contributed by atoms with Crippen LogP contribution in [-0.2, 0) is 4.79 Å². The molecule has 1 aliphatic heterocycles. The lowest BCUT2D eigenvalue weighted by Crippen LogP contribution is -2.61. The van der Waals surface area contributed by atoms with Crippen LogP contribution in [0.4, 0.5) is 0 Å². The van der Waals surface area contributed by atoms with Crippen LogP contribution in [0.5, 0.6) is 0 Å². The molecule has 0 saturated heterocycles. The number of nitrogens with one attached hydrogen (secondary N) is 3. The molecule has 6 heteroatoms. The molecule has 3 atom stereocenters. The van der Waals surface area contributed by atoms with Gasteiger partial charge in [-0.05, 0) is 83.1 Å². The van der Waals surface area contributed by atoms with E-state index in [1.165, 1.54) is 74.9 Å². The molecule has 41 heavy (non-hydrogen) atoms. The fourth-order valence-corrected chi connectivity index (χ4v) is 6.46. The maximum absolute atomic E-state index is 12.1. The Bertz CT molecular complexity index is 942. The monoisotopic (exact) mass is 568 g/mol. The number of aliphatic imine (C=N–C) groups is 1. The largest absolute Gasteiger partial charge is 0.385 e. The highest BCUT2D eigenvalue weighted by Crippen LogP contribution is 2.39. The van der Waals surface area contributed by atoms with E-state index < -0.39 is 0 Å². The number of quaternary nitrogens is 1. The predicted octanol–water partition coefficient (Wildman–Crippen LogP) is 7.35. The molecule has 6 nitrogen and oxygen atoms in total. The summed E-state index contributed by atoms with van der Waals surface area (Å²) >= 11 is 0. The molecule has 0 aromatic heterocycles. The molecule has 3 aliphatic rings. The summed E-state index contributed by atoms with van der Waals surface area (Å²) < 4.78 is 1.14. The van der Waals surface area contributed by atoms with Gasteiger partial charge in [0.2, 0.25) is 5.91 Å². The van der Waals surface area contributed by atoms with Crippen LogP contribution >= 0.6 is 0 Å². The van der Waals surface area contributed by atoms with Crippen LogP contribution in [0.15, 0.2) is 40.3 Å². The van der Waals surface area contributed by atoms with Crippen LogP contribution in [0.1, 0.15) is 125 Å². The van der Waals surface area contributed by atoms with Crippen molar-refractivity contribution >= 4 is 11.7 Å². The molecule has 0 aromatic rings. The van der Waals surface area contributed by atoms with Crippen LogP contribution in [0.2, 0.25) is 0 Å². The van der Waals surface area contributed by atoms with Gasteiger partial charge in [-0.15, -0.1) is 0 Å². The van der Waals surface area contributed by atoms with E-state index in [9.17, 15) is 4.79 Å². The third kappa shape index (κ3) is 10.0. The van der Waals surface area contributed by atoms with Crippen molar-refractivity contribution in [3.63, 3.8) is 0 Å². The molecule has 0 radical (unpaired) electrons. The molecule has 1 heterocycles. The van der Waals surface area contributed by atoms with Gasteiger partial charge in [0.25, 0.3) is 0 Å². The van der Waals surface area contributed by atoms with Crippen molar-refractivity contribution in [2.24, 2.45) is 16.8 Å². The molecule has 0 bridgehead atoms. The average molecular weight is 569 g/mol. The van der Waals surface area contributed by atoms with E-state index in [2.05, 4.69) is 76.0 Å². The first-order chi connectivity index (χ1) is 19.8. The van der Waals surface area contributed by atoms with Crippen molar-refractivity contribution in [2.75, 3.05) is 26.7 Å². The van der Waals surface area contributed by atoms with Crippen molar-refractivity contribution in [1.82, 2.24) is 16.0 Å². The van der Waals surface area contributed by atoms with Gasteiger partial charge in [-0.1, -0.05) is 58.6 Å². The number of amidine groups is 1. The summed E-state index contributed by atoms with van der Waals surface area (Å²) in [5.41, 5.74) is 3.92. The number of nitrogens with zero attached hydrogens (tertiary/aromatic N) is 2. The summed E-state index contributed by atoms with van der Waals surface area (Å²) in [7, 11) is 2.49. The molecule has 2 fully saturated rings. The number of rotatable bonds is 18. The number of unbranched alkanes of at least 4 members (excludes halogenated alkanes) is 2. The minimum Gasteiger partial charge on any atom is -0.385 e. The van der Waals surface area contributed by atoms with Gasteiger partial charge >= 0.3 is 0 Å².